The van der Waals surface area contributed by atoms with Gasteiger partial charge in [0.1, 0.15) is 29.6 Å². The summed E-state index contributed by atoms with van der Waals surface area (Å²) in [5.74, 6) is 3.31. The normalized spacial score (nSPS) is 13.7. The van der Waals surface area contributed by atoms with E-state index in [4.69, 9.17) is 14.2 Å². The van der Waals surface area contributed by atoms with E-state index in [1.165, 1.54) is 32.4 Å². The second-order valence-corrected chi connectivity index (χ2v) is 8.72. The predicted octanol–water partition coefficient (Wildman–Crippen LogP) is 7.59. The SMILES string of the molecule is COc1cccc(-c2ccc3ccccc3c2Oc2ccc(OCCN3CCCCC3)cc2)c1.Cl. The Bertz CT molecular complexity index is 1240. The molecule has 0 atom stereocenters. The van der Waals surface area contributed by atoms with Crippen molar-refractivity contribution in [2.75, 3.05) is 33.4 Å². The zero-order chi connectivity index (χ0) is 23.2. The van der Waals surface area contributed by atoms with Crippen LogP contribution in [0.1, 0.15) is 19.3 Å². The highest BCUT2D eigenvalue weighted by molar-refractivity contribution is 5.95. The van der Waals surface area contributed by atoms with E-state index in [1.54, 1.807) is 7.11 Å². The summed E-state index contributed by atoms with van der Waals surface area (Å²) in [6, 6.07) is 28.6. The van der Waals surface area contributed by atoms with Crippen LogP contribution < -0.4 is 14.2 Å². The molecule has 1 heterocycles. The van der Waals surface area contributed by atoms with Crippen molar-refractivity contribution in [2.45, 2.75) is 19.3 Å². The number of hydrogen-bond acceptors (Lipinski definition) is 4. The molecule has 5 heteroatoms. The van der Waals surface area contributed by atoms with Gasteiger partial charge in [-0.1, -0.05) is 48.9 Å². The molecule has 1 aliphatic heterocycles. The highest BCUT2D eigenvalue weighted by Crippen LogP contribution is 2.40. The monoisotopic (exact) mass is 489 g/mol. The molecule has 4 aromatic rings. The van der Waals surface area contributed by atoms with Crippen LogP contribution in [0.25, 0.3) is 21.9 Å². The molecule has 0 spiro atoms. The lowest BCUT2D eigenvalue weighted by Gasteiger charge is -2.26. The molecule has 182 valence electrons. The molecule has 4 aromatic carbocycles. The standard InChI is InChI=1S/C30H31NO3.ClH/c1-32-27-10-7-9-24(22-27)29-17-12-23-8-3-4-11-28(23)30(29)34-26-15-13-25(14-16-26)33-21-20-31-18-5-2-6-19-31;/h3-4,7-17,22H,2,5-6,18-21H2,1H3;1H. The van der Waals surface area contributed by atoms with Gasteiger partial charge in [0.2, 0.25) is 0 Å². The van der Waals surface area contributed by atoms with Crippen molar-refractivity contribution in [1.29, 1.82) is 0 Å². The van der Waals surface area contributed by atoms with E-state index in [-0.39, 0.29) is 12.4 Å². The van der Waals surface area contributed by atoms with E-state index >= 15 is 0 Å². The van der Waals surface area contributed by atoms with Crippen molar-refractivity contribution in [3.05, 3.63) is 84.9 Å². The molecule has 1 fully saturated rings. The van der Waals surface area contributed by atoms with Crippen molar-refractivity contribution in [1.82, 2.24) is 4.90 Å². The quantitative estimate of drug-likeness (QED) is 0.255. The highest BCUT2D eigenvalue weighted by Gasteiger charge is 2.13. The van der Waals surface area contributed by atoms with Crippen LogP contribution in [-0.4, -0.2) is 38.3 Å². The predicted molar refractivity (Wildman–Crippen MR) is 145 cm³/mol. The van der Waals surface area contributed by atoms with Crippen LogP contribution in [0.2, 0.25) is 0 Å². The summed E-state index contributed by atoms with van der Waals surface area (Å²) in [6.45, 7) is 4.08. The molecule has 1 saturated heterocycles. The Kier molecular flexibility index (Phi) is 8.51. The Morgan fingerprint density at radius 1 is 0.743 bits per heavy atom. The van der Waals surface area contributed by atoms with Gasteiger partial charge < -0.3 is 14.2 Å². The molecule has 4 nitrogen and oxygen atoms in total. The molecule has 0 aromatic heterocycles. The first-order valence-corrected chi connectivity index (χ1v) is 12.1. The van der Waals surface area contributed by atoms with Gasteiger partial charge in [0.25, 0.3) is 0 Å². The second kappa shape index (κ2) is 12.0. The van der Waals surface area contributed by atoms with Crippen LogP contribution in [0, 0.1) is 0 Å². The lowest BCUT2D eigenvalue weighted by Crippen LogP contribution is -2.33. The van der Waals surface area contributed by atoms with Crippen molar-refractivity contribution < 1.29 is 14.2 Å². The summed E-state index contributed by atoms with van der Waals surface area (Å²) in [4.78, 5) is 2.49. The Balaban J connectivity index is 0.00000289. The minimum atomic E-state index is 0. The van der Waals surface area contributed by atoms with Gasteiger partial charge in [-0.05, 0) is 79.3 Å². The van der Waals surface area contributed by atoms with Crippen molar-refractivity contribution in [3.8, 4) is 34.1 Å². The van der Waals surface area contributed by atoms with E-state index in [9.17, 15) is 0 Å². The summed E-state index contributed by atoms with van der Waals surface area (Å²) in [5, 5.41) is 2.21. The van der Waals surface area contributed by atoms with Gasteiger partial charge in [0, 0.05) is 17.5 Å². The molecule has 0 amide bonds. The Hall–Kier alpha value is -3.21. The Morgan fingerprint density at radius 3 is 2.31 bits per heavy atom. The van der Waals surface area contributed by atoms with Crippen LogP contribution in [0.15, 0.2) is 84.9 Å². The fourth-order valence-electron chi connectivity index (χ4n) is 4.57. The van der Waals surface area contributed by atoms with E-state index < -0.39 is 0 Å². The highest BCUT2D eigenvalue weighted by atomic mass is 35.5. The average Bonchev–Trinajstić information content (AvgIpc) is 2.90. The van der Waals surface area contributed by atoms with Crippen LogP contribution in [0.4, 0.5) is 0 Å². The summed E-state index contributed by atoms with van der Waals surface area (Å²) in [5.41, 5.74) is 2.08. The molecule has 35 heavy (non-hydrogen) atoms. The maximum atomic E-state index is 6.50. The van der Waals surface area contributed by atoms with E-state index in [0.717, 1.165) is 51.4 Å². The van der Waals surface area contributed by atoms with Crippen molar-refractivity contribution >= 4 is 23.2 Å². The smallest absolute Gasteiger partial charge is 0.143 e. The van der Waals surface area contributed by atoms with Gasteiger partial charge in [-0.3, -0.25) is 4.90 Å². The van der Waals surface area contributed by atoms with Crippen LogP contribution in [0.3, 0.4) is 0 Å². The number of fused-ring (bicyclic) bond motifs is 1. The number of methoxy groups -OCH3 is 1. The zero-order valence-electron chi connectivity index (χ0n) is 20.1. The number of hydrogen-bond donors (Lipinski definition) is 0. The molecule has 0 unspecified atom stereocenters. The van der Waals surface area contributed by atoms with Gasteiger partial charge in [-0.25, -0.2) is 0 Å². The summed E-state index contributed by atoms with van der Waals surface area (Å²) < 4.78 is 17.9. The van der Waals surface area contributed by atoms with Gasteiger partial charge >= 0.3 is 0 Å². The fraction of sp³-hybridized carbons (Fsp3) is 0.267. The number of halogens is 1. The van der Waals surface area contributed by atoms with Gasteiger partial charge in [-0.2, -0.15) is 0 Å². The largest absolute Gasteiger partial charge is 0.497 e. The van der Waals surface area contributed by atoms with Crippen molar-refractivity contribution in [2.24, 2.45) is 0 Å². The van der Waals surface area contributed by atoms with Gasteiger partial charge in [0.15, 0.2) is 0 Å². The maximum Gasteiger partial charge on any atom is 0.143 e. The third-order valence-corrected chi connectivity index (χ3v) is 6.43. The van der Waals surface area contributed by atoms with E-state index in [1.807, 2.05) is 54.6 Å². The molecule has 0 N–H and O–H groups in total. The lowest BCUT2D eigenvalue weighted by molar-refractivity contribution is 0.183. The average molecular weight is 490 g/mol. The van der Waals surface area contributed by atoms with E-state index in [0.29, 0.717) is 6.61 Å². The van der Waals surface area contributed by atoms with Gasteiger partial charge in [-0.15, -0.1) is 12.4 Å². The maximum absolute atomic E-state index is 6.50. The first kappa shape index (κ1) is 24.9. The first-order valence-electron chi connectivity index (χ1n) is 12.1. The summed E-state index contributed by atoms with van der Waals surface area (Å²) in [7, 11) is 1.69. The number of rotatable bonds is 8. The molecule has 0 bridgehead atoms. The van der Waals surface area contributed by atoms with Crippen molar-refractivity contribution in [3.63, 3.8) is 0 Å². The number of nitrogens with zero attached hydrogens (tertiary/aromatic N) is 1. The Morgan fingerprint density at radius 2 is 1.51 bits per heavy atom. The molecule has 0 saturated carbocycles. The molecular formula is C30H32ClNO3. The third-order valence-electron chi connectivity index (χ3n) is 6.43. The Labute approximate surface area is 213 Å². The number of piperidine rings is 1. The minimum absolute atomic E-state index is 0. The summed E-state index contributed by atoms with van der Waals surface area (Å²) >= 11 is 0. The lowest BCUT2D eigenvalue weighted by atomic mass is 9.99. The minimum Gasteiger partial charge on any atom is -0.497 e. The summed E-state index contributed by atoms with van der Waals surface area (Å²) in [6.07, 6.45) is 3.96. The molecule has 5 rings (SSSR count). The zero-order valence-corrected chi connectivity index (χ0v) is 20.9. The fourth-order valence-corrected chi connectivity index (χ4v) is 4.57. The molecule has 1 aliphatic rings. The van der Waals surface area contributed by atoms with Crippen LogP contribution in [0.5, 0.6) is 23.0 Å². The number of likely N-dealkylation sites (tertiary alicyclic amines) is 1. The molecule has 0 radical (unpaired) electrons. The first-order chi connectivity index (χ1) is 16.8. The van der Waals surface area contributed by atoms with Crippen LogP contribution >= 0.6 is 12.4 Å². The van der Waals surface area contributed by atoms with Gasteiger partial charge in [0.05, 0.1) is 7.11 Å². The number of benzene rings is 4. The third kappa shape index (κ3) is 6.08. The van der Waals surface area contributed by atoms with Crippen LogP contribution in [-0.2, 0) is 0 Å². The second-order valence-electron chi connectivity index (χ2n) is 8.72. The number of ether oxygens (including phenoxy) is 3. The topological polar surface area (TPSA) is 30.9 Å². The molecule has 0 aliphatic carbocycles. The molecular weight excluding hydrogens is 458 g/mol. The van der Waals surface area contributed by atoms with E-state index in [2.05, 4.69) is 35.2 Å².